The fourth-order valence-electron chi connectivity index (χ4n) is 3.41. The molecule has 0 spiro atoms. The highest BCUT2D eigenvalue weighted by atomic mass is 79.9. The number of nitrogens with zero attached hydrogens (tertiary/aromatic N) is 2. The molecule has 3 unspecified atom stereocenters. The lowest BCUT2D eigenvalue weighted by Gasteiger charge is -2.38. The van der Waals surface area contributed by atoms with E-state index >= 15 is 0 Å². The van der Waals surface area contributed by atoms with Gasteiger partial charge in [-0.05, 0) is 57.6 Å². The van der Waals surface area contributed by atoms with Crippen molar-refractivity contribution < 1.29 is 0 Å². The van der Waals surface area contributed by atoms with E-state index in [1.165, 1.54) is 18.4 Å². The standard InChI is InChI=1S/C17H28BrN3/c1-4-16(19)17(13-7-9-14(18)10-8-13)21-11-5-6-15(21)12-20(2)3/h7-10,15-17H,4-6,11-12,19H2,1-3H3. The van der Waals surface area contributed by atoms with Crippen LogP contribution in [0.5, 0.6) is 0 Å². The summed E-state index contributed by atoms with van der Waals surface area (Å²) in [4.78, 5) is 4.93. The van der Waals surface area contributed by atoms with Crippen molar-refractivity contribution >= 4 is 15.9 Å². The molecule has 0 amide bonds. The molecule has 0 radical (unpaired) electrons. The molecule has 2 N–H and O–H groups in total. The van der Waals surface area contributed by atoms with Crippen LogP contribution in [0.4, 0.5) is 0 Å². The van der Waals surface area contributed by atoms with Crippen LogP contribution in [0.2, 0.25) is 0 Å². The molecule has 3 atom stereocenters. The van der Waals surface area contributed by atoms with Crippen molar-refractivity contribution in [3.05, 3.63) is 34.3 Å². The number of hydrogen-bond acceptors (Lipinski definition) is 3. The Morgan fingerprint density at radius 3 is 2.57 bits per heavy atom. The van der Waals surface area contributed by atoms with E-state index < -0.39 is 0 Å². The fourth-order valence-corrected chi connectivity index (χ4v) is 3.67. The molecule has 0 aromatic heterocycles. The lowest BCUT2D eigenvalue weighted by atomic mass is 9.95. The van der Waals surface area contributed by atoms with Crippen LogP contribution in [-0.4, -0.2) is 49.1 Å². The molecule has 118 valence electrons. The topological polar surface area (TPSA) is 32.5 Å². The predicted molar refractivity (Wildman–Crippen MR) is 93.4 cm³/mol. The first-order chi connectivity index (χ1) is 10.0. The third-order valence-electron chi connectivity index (χ3n) is 4.44. The van der Waals surface area contributed by atoms with E-state index in [0.29, 0.717) is 12.1 Å². The summed E-state index contributed by atoms with van der Waals surface area (Å²) in [5, 5.41) is 0. The van der Waals surface area contributed by atoms with Crippen LogP contribution in [0, 0.1) is 0 Å². The van der Waals surface area contributed by atoms with Crippen LogP contribution >= 0.6 is 15.9 Å². The third kappa shape index (κ3) is 4.28. The Balaban J connectivity index is 2.24. The molecule has 3 nitrogen and oxygen atoms in total. The first-order valence-corrected chi connectivity index (χ1v) is 8.73. The van der Waals surface area contributed by atoms with E-state index in [4.69, 9.17) is 5.73 Å². The highest BCUT2D eigenvalue weighted by Gasteiger charge is 2.34. The van der Waals surface area contributed by atoms with Crippen molar-refractivity contribution in [2.75, 3.05) is 27.2 Å². The van der Waals surface area contributed by atoms with Crippen LogP contribution in [0.15, 0.2) is 28.7 Å². The second kappa shape index (κ2) is 7.73. The highest BCUT2D eigenvalue weighted by Crippen LogP contribution is 2.33. The predicted octanol–water partition coefficient (Wildman–Crippen LogP) is 3.25. The number of rotatable bonds is 6. The van der Waals surface area contributed by atoms with Crippen LogP contribution in [0.3, 0.4) is 0 Å². The van der Waals surface area contributed by atoms with Crippen molar-refractivity contribution in [1.29, 1.82) is 0 Å². The van der Waals surface area contributed by atoms with E-state index in [-0.39, 0.29) is 6.04 Å². The second-order valence-corrected chi connectivity index (χ2v) is 7.28. The fraction of sp³-hybridized carbons (Fsp3) is 0.647. The average Bonchev–Trinajstić information content (AvgIpc) is 2.88. The summed E-state index contributed by atoms with van der Waals surface area (Å²) in [6.07, 6.45) is 3.57. The summed E-state index contributed by atoms with van der Waals surface area (Å²) in [6, 6.07) is 9.82. The molecular formula is C17H28BrN3. The largest absolute Gasteiger partial charge is 0.326 e. The van der Waals surface area contributed by atoms with Gasteiger partial charge in [0.05, 0.1) is 6.04 Å². The lowest BCUT2D eigenvalue weighted by Crippen LogP contribution is -2.46. The van der Waals surface area contributed by atoms with Crippen LogP contribution in [0.25, 0.3) is 0 Å². The minimum Gasteiger partial charge on any atom is -0.326 e. The molecule has 1 aliphatic heterocycles. The van der Waals surface area contributed by atoms with Gasteiger partial charge in [-0.25, -0.2) is 0 Å². The van der Waals surface area contributed by atoms with Crippen molar-refractivity contribution in [2.45, 2.75) is 44.3 Å². The minimum absolute atomic E-state index is 0.189. The zero-order chi connectivity index (χ0) is 15.4. The zero-order valence-electron chi connectivity index (χ0n) is 13.4. The van der Waals surface area contributed by atoms with Crippen LogP contribution in [-0.2, 0) is 0 Å². The van der Waals surface area contributed by atoms with E-state index in [0.717, 1.165) is 24.0 Å². The molecule has 4 heteroatoms. The molecule has 0 aliphatic carbocycles. The van der Waals surface area contributed by atoms with Crippen molar-refractivity contribution in [2.24, 2.45) is 5.73 Å². The maximum Gasteiger partial charge on any atom is 0.0502 e. The van der Waals surface area contributed by atoms with Gasteiger partial charge in [0.1, 0.15) is 0 Å². The van der Waals surface area contributed by atoms with E-state index in [1.54, 1.807) is 0 Å². The normalized spacial score (nSPS) is 22.7. The first-order valence-electron chi connectivity index (χ1n) is 7.94. The van der Waals surface area contributed by atoms with Gasteiger partial charge in [0, 0.05) is 23.1 Å². The lowest BCUT2D eigenvalue weighted by molar-refractivity contribution is 0.132. The summed E-state index contributed by atoms with van der Waals surface area (Å²) in [5.74, 6) is 0. The van der Waals surface area contributed by atoms with E-state index in [2.05, 4.69) is 71.0 Å². The van der Waals surface area contributed by atoms with Gasteiger partial charge in [-0.3, -0.25) is 4.90 Å². The molecule has 1 saturated heterocycles. The van der Waals surface area contributed by atoms with E-state index in [9.17, 15) is 0 Å². The molecule has 0 saturated carbocycles. The maximum absolute atomic E-state index is 6.49. The molecule has 1 aromatic carbocycles. The van der Waals surface area contributed by atoms with Gasteiger partial charge in [-0.1, -0.05) is 35.0 Å². The zero-order valence-corrected chi connectivity index (χ0v) is 15.0. The summed E-state index contributed by atoms with van der Waals surface area (Å²) >= 11 is 3.53. The Labute approximate surface area is 137 Å². The molecule has 1 heterocycles. The Hall–Kier alpha value is -0.420. The van der Waals surface area contributed by atoms with Gasteiger partial charge in [-0.2, -0.15) is 0 Å². The number of likely N-dealkylation sites (tertiary alicyclic amines) is 1. The summed E-state index contributed by atoms with van der Waals surface area (Å²) in [5.41, 5.74) is 7.84. The summed E-state index contributed by atoms with van der Waals surface area (Å²) in [7, 11) is 4.32. The van der Waals surface area contributed by atoms with Gasteiger partial charge < -0.3 is 10.6 Å². The van der Waals surface area contributed by atoms with Gasteiger partial charge in [0.15, 0.2) is 0 Å². The summed E-state index contributed by atoms with van der Waals surface area (Å²) < 4.78 is 1.13. The molecular weight excluding hydrogens is 326 g/mol. The molecule has 0 bridgehead atoms. The smallest absolute Gasteiger partial charge is 0.0502 e. The Kier molecular flexibility index (Phi) is 6.23. The van der Waals surface area contributed by atoms with E-state index in [1.807, 2.05) is 0 Å². The molecule has 1 aromatic rings. The molecule has 2 rings (SSSR count). The van der Waals surface area contributed by atoms with Crippen LogP contribution in [0.1, 0.15) is 37.8 Å². The minimum atomic E-state index is 0.189. The first kappa shape index (κ1) is 16.9. The number of nitrogens with two attached hydrogens (primary N) is 1. The van der Waals surface area contributed by atoms with Gasteiger partial charge in [0.25, 0.3) is 0 Å². The number of benzene rings is 1. The highest BCUT2D eigenvalue weighted by molar-refractivity contribution is 9.10. The van der Waals surface area contributed by atoms with Crippen molar-refractivity contribution in [3.8, 4) is 0 Å². The molecule has 21 heavy (non-hydrogen) atoms. The van der Waals surface area contributed by atoms with Crippen molar-refractivity contribution in [1.82, 2.24) is 9.80 Å². The molecule has 1 fully saturated rings. The Morgan fingerprint density at radius 2 is 2.00 bits per heavy atom. The van der Waals surface area contributed by atoms with Gasteiger partial charge >= 0.3 is 0 Å². The molecule has 1 aliphatic rings. The number of likely N-dealkylation sites (N-methyl/N-ethyl adjacent to an activating group) is 1. The number of halogens is 1. The quantitative estimate of drug-likeness (QED) is 0.851. The van der Waals surface area contributed by atoms with Crippen molar-refractivity contribution in [3.63, 3.8) is 0 Å². The maximum atomic E-state index is 6.49. The van der Waals surface area contributed by atoms with Gasteiger partial charge in [0.2, 0.25) is 0 Å². The van der Waals surface area contributed by atoms with Crippen LogP contribution < -0.4 is 5.73 Å². The third-order valence-corrected chi connectivity index (χ3v) is 4.97. The Bertz CT molecular complexity index is 432. The monoisotopic (exact) mass is 353 g/mol. The SMILES string of the molecule is CCC(N)C(c1ccc(Br)cc1)N1CCCC1CN(C)C. The summed E-state index contributed by atoms with van der Waals surface area (Å²) in [6.45, 7) is 4.46. The Morgan fingerprint density at radius 1 is 1.33 bits per heavy atom. The van der Waals surface area contributed by atoms with Gasteiger partial charge in [-0.15, -0.1) is 0 Å². The average molecular weight is 354 g/mol. The second-order valence-electron chi connectivity index (χ2n) is 6.36. The number of hydrogen-bond donors (Lipinski definition) is 1.